The van der Waals surface area contributed by atoms with E-state index in [4.69, 9.17) is 10.2 Å². The summed E-state index contributed by atoms with van der Waals surface area (Å²) in [7, 11) is 0. The van der Waals surface area contributed by atoms with Crippen molar-refractivity contribution < 1.29 is 15.0 Å². The van der Waals surface area contributed by atoms with Gasteiger partial charge in [-0.3, -0.25) is 4.79 Å². The molecule has 0 unspecified atom stereocenters. The molecule has 11 heavy (non-hydrogen) atoms. The topological polar surface area (TPSA) is 57.5 Å². The number of carbonyl (C=O) groups excluding carboxylic acids is 1. The highest BCUT2D eigenvalue weighted by atomic mass is 127. The van der Waals surface area contributed by atoms with Gasteiger partial charge in [-0.1, -0.05) is 0 Å². The lowest BCUT2D eigenvalue weighted by Crippen LogP contribution is -1.86. The normalized spacial score (nSPS) is 9.55. The second-order valence-electron chi connectivity index (χ2n) is 1.95. The lowest BCUT2D eigenvalue weighted by Gasteiger charge is -2.01. The van der Waals surface area contributed by atoms with Gasteiger partial charge in [0.25, 0.3) is 0 Å². The van der Waals surface area contributed by atoms with E-state index >= 15 is 0 Å². The number of aldehydes is 1. The molecular formula is C7H5IO3. The number of hydrogen-bond donors (Lipinski definition) is 2. The molecule has 0 aromatic heterocycles. The van der Waals surface area contributed by atoms with Crippen molar-refractivity contribution in [2.75, 3.05) is 0 Å². The van der Waals surface area contributed by atoms with Crippen LogP contribution in [0.1, 0.15) is 10.4 Å². The van der Waals surface area contributed by atoms with E-state index in [-0.39, 0.29) is 17.1 Å². The van der Waals surface area contributed by atoms with Crippen LogP contribution in [0.25, 0.3) is 0 Å². The number of benzene rings is 1. The molecule has 0 saturated carbocycles. The molecule has 3 nitrogen and oxygen atoms in total. The molecule has 0 amide bonds. The SMILES string of the molecule is O=Cc1c(O)ccc(O)c1I. The van der Waals surface area contributed by atoms with Crippen LogP contribution in [0.2, 0.25) is 0 Å². The summed E-state index contributed by atoms with van der Waals surface area (Å²) in [6, 6.07) is 2.62. The number of hydrogen-bond acceptors (Lipinski definition) is 3. The van der Waals surface area contributed by atoms with Gasteiger partial charge in [0.05, 0.1) is 9.13 Å². The average molecular weight is 264 g/mol. The third kappa shape index (κ3) is 1.45. The molecule has 0 saturated heterocycles. The minimum absolute atomic E-state index is 0.00509. The van der Waals surface area contributed by atoms with E-state index in [9.17, 15) is 4.79 Å². The maximum absolute atomic E-state index is 10.3. The number of phenolic OH excluding ortho intramolecular Hbond substituents is 2. The smallest absolute Gasteiger partial charge is 0.154 e. The molecule has 1 aromatic rings. The Morgan fingerprint density at radius 2 is 1.82 bits per heavy atom. The van der Waals surface area contributed by atoms with Crippen molar-refractivity contribution in [1.82, 2.24) is 0 Å². The van der Waals surface area contributed by atoms with E-state index in [0.717, 1.165) is 0 Å². The predicted molar refractivity (Wildman–Crippen MR) is 47.9 cm³/mol. The summed E-state index contributed by atoms with van der Waals surface area (Å²) in [5.41, 5.74) is 0.130. The van der Waals surface area contributed by atoms with E-state index in [1.54, 1.807) is 22.6 Å². The minimum atomic E-state index is -0.109. The van der Waals surface area contributed by atoms with E-state index in [1.165, 1.54) is 12.1 Å². The summed E-state index contributed by atoms with van der Waals surface area (Å²) in [5.74, 6) is -0.104. The van der Waals surface area contributed by atoms with Gasteiger partial charge < -0.3 is 10.2 Å². The van der Waals surface area contributed by atoms with E-state index in [1.807, 2.05) is 0 Å². The Bertz CT molecular complexity index is 296. The van der Waals surface area contributed by atoms with Crippen LogP contribution in [0.5, 0.6) is 11.5 Å². The van der Waals surface area contributed by atoms with Gasteiger partial charge in [-0.05, 0) is 34.7 Å². The summed E-state index contributed by atoms with van der Waals surface area (Å²) in [4.78, 5) is 10.3. The molecule has 0 radical (unpaired) electrons. The fraction of sp³-hybridized carbons (Fsp3) is 0. The molecule has 0 aliphatic carbocycles. The number of rotatable bonds is 1. The molecule has 0 atom stereocenters. The van der Waals surface area contributed by atoms with Crippen molar-refractivity contribution >= 4 is 28.9 Å². The molecule has 58 valence electrons. The Morgan fingerprint density at radius 3 is 2.27 bits per heavy atom. The largest absolute Gasteiger partial charge is 0.507 e. The molecule has 0 aliphatic rings. The van der Waals surface area contributed by atoms with Crippen LogP contribution in [-0.2, 0) is 0 Å². The zero-order valence-corrected chi connectivity index (χ0v) is 7.57. The molecule has 1 rings (SSSR count). The Balaban J connectivity index is 3.40. The first-order valence-corrected chi connectivity index (χ1v) is 3.90. The third-order valence-electron chi connectivity index (χ3n) is 1.25. The first-order valence-electron chi connectivity index (χ1n) is 2.82. The predicted octanol–water partition coefficient (Wildman–Crippen LogP) is 1.51. The van der Waals surface area contributed by atoms with Crippen molar-refractivity contribution in [3.05, 3.63) is 21.3 Å². The molecule has 0 spiro atoms. The lowest BCUT2D eigenvalue weighted by molar-refractivity contribution is 0.111. The van der Waals surface area contributed by atoms with Crippen LogP contribution < -0.4 is 0 Å². The zero-order chi connectivity index (χ0) is 8.43. The van der Waals surface area contributed by atoms with E-state index < -0.39 is 0 Å². The Kier molecular flexibility index (Phi) is 2.33. The van der Waals surface area contributed by atoms with Gasteiger partial charge in [-0.25, -0.2) is 0 Å². The first-order chi connectivity index (χ1) is 5.16. The summed E-state index contributed by atoms with van der Waals surface area (Å²) in [5, 5.41) is 18.1. The standard InChI is InChI=1S/C7H5IO3/c8-7-4(3-9)5(10)1-2-6(7)11/h1-3,10-11H. The van der Waals surface area contributed by atoms with Gasteiger partial charge >= 0.3 is 0 Å². The van der Waals surface area contributed by atoms with Crippen LogP contribution in [0.15, 0.2) is 12.1 Å². The molecule has 2 N–H and O–H groups in total. The molecule has 0 heterocycles. The van der Waals surface area contributed by atoms with Crippen molar-refractivity contribution in [2.24, 2.45) is 0 Å². The molecule has 0 fully saturated rings. The van der Waals surface area contributed by atoms with Crippen molar-refractivity contribution in [3.63, 3.8) is 0 Å². The van der Waals surface area contributed by atoms with Gasteiger partial charge in [0, 0.05) is 0 Å². The monoisotopic (exact) mass is 264 g/mol. The first kappa shape index (κ1) is 8.32. The van der Waals surface area contributed by atoms with Gasteiger partial charge in [-0.2, -0.15) is 0 Å². The van der Waals surface area contributed by atoms with Crippen LogP contribution in [0.4, 0.5) is 0 Å². The second-order valence-corrected chi connectivity index (χ2v) is 3.03. The average Bonchev–Trinajstić information content (AvgIpc) is 1.99. The highest BCUT2D eigenvalue weighted by Gasteiger charge is 2.07. The molecule has 1 aromatic carbocycles. The maximum atomic E-state index is 10.3. The summed E-state index contributed by atoms with van der Waals surface area (Å²) >= 11 is 1.79. The highest BCUT2D eigenvalue weighted by molar-refractivity contribution is 14.1. The van der Waals surface area contributed by atoms with E-state index in [0.29, 0.717) is 9.86 Å². The van der Waals surface area contributed by atoms with Crippen molar-refractivity contribution in [3.8, 4) is 11.5 Å². The second kappa shape index (κ2) is 3.08. The van der Waals surface area contributed by atoms with Crippen LogP contribution in [-0.4, -0.2) is 16.5 Å². The van der Waals surface area contributed by atoms with Crippen LogP contribution in [0, 0.1) is 3.57 Å². The number of carbonyl (C=O) groups is 1. The fourth-order valence-electron chi connectivity index (χ4n) is 0.683. The molecular weight excluding hydrogens is 259 g/mol. The van der Waals surface area contributed by atoms with Gasteiger partial charge in [0.15, 0.2) is 6.29 Å². The summed E-state index contributed by atoms with van der Waals surface area (Å²) < 4.78 is 0.373. The maximum Gasteiger partial charge on any atom is 0.154 e. The molecule has 0 aliphatic heterocycles. The van der Waals surface area contributed by atoms with Crippen molar-refractivity contribution in [1.29, 1.82) is 0 Å². The summed E-state index contributed by atoms with van der Waals surface area (Å²) in [6.45, 7) is 0. The van der Waals surface area contributed by atoms with Crippen LogP contribution in [0.3, 0.4) is 0 Å². The Labute approximate surface area is 76.8 Å². The highest BCUT2D eigenvalue weighted by Crippen LogP contribution is 2.28. The van der Waals surface area contributed by atoms with E-state index in [2.05, 4.69) is 0 Å². The van der Waals surface area contributed by atoms with Gasteiger partial charge in [0.2, 0.25) is 0 Å². The van der Waals surface area contributed by atoms with Gasteiger partial charge in [0.1, 0.15) is 11.5 Å². The lowest BCUT2D eigenvalue weighted by atomic mass is 10.2. The van der Waals surface area contributed by atoms with Gasteiger partial charge in [-0.15, -0.1) is 0 Å². The Hall–Kier alpha value is -0.780. The van der Waals surface area contributed by atoms with Crippen LogP contribution >= 0.6 is 22.6 Å². The minimum Gasteiger partial charge on any atom is -0.507 e. The Morgan fingerprint density at radius 1 is 1.27 bits per heavy atom. The molecule has 4 heteroatoms. The number of halogens is 1. The number of phenols is 2. The third-order valence-corrected chi connectivity index (χ3v) is 2.39. The quantitative estimate of drug-likeness (QED) is 0.459. The summed E-state index contributed by atoms with van der Waals surface area (Å²) in [6.07, 6.45) is 0.511. The number of aromatic hydroxyl groups is 2. The van der Waals surface area contributed by atoms with Crippen molar-refractivity contribution in [2.45, 2.75) is 0 Å². The fourth-order valence-corrected chi connectivity index (χ4v) is 1.27. The molecule has 0 bridgehead atoms. The zero-order valence-electron chi connectivity index (χ0n) is 5.41.